The molecule has 16 aromatic rings. The van der Waals surface area contributed by atoms with Gasteiger partial charge in [0.05, 0.1) is 0 Å². The first-order valence-corrected chi connectivity index (χ1v) is 55.2. The Bertz CT molecular complexity index is 6640. The molecule has 0 bridgehead atoms. The normalized spacial score (nSPS) is 12.0. The highest BCUT2D eigenvalue weighted by Crippen LogP contribution is 2.34. The molecule has 10 N–H and O–H groups in total. The van der Waals surface area contributed by atoms with E-state index in [2.05, 4.69) is 423 Å². The number of hydrogen-bond donors (Lipinski definition) is 10. The van der Waals surface area contributed by atoms with Crippen LogP contribution >= 0.6 is 42.9 Å². The van der Waals surface area contributed by atoms with E-state index in [-0.39, 0.29) is 27.7 Å². The summed E-state index contributed by atoms with van der Waals surface area (Å²) in [6.07, 6.45) is 4.83. The zero-order chi connectivity index (χ0) is 103. The Balaban J connectivity index is 0.000000161. The first-order valence-electron chi connectivity index (χ1n) is 50.2. The fraction of sp³-hybridized carbons (Fsp3) is 0.256. The summed E-state index contributed by atoms with van der Waals surface area (Å²) >= 11 is 0. The molecule has 5 atom stereocenters. The molecule has 0 aliphatic rings. The first-order chi connectivity index (χ1) is 68.8. The number of para-hydroxylation sites is 2. The Morgan fingerprint density at radius 1 is 0.188 bits per heavy atom. The smallest absolute Gasteiger partial charge is 0.126 e. The predicted octanol–water partition coefficient (Wildman–Crippen LogP) is 24.7. The third kappa shape index (κ3) is 37.8. The first kappa shape index (κ1) is 111. The number of rotatable bonds is 32. The van der Waals surface area contributed by atoms with Crippen LogP contribution in [-0.4, -0.2) is 53.2 Å². The molecule has 0 aromatic heterocycles. The molecule has 0 saturated heterocycles. The van der Waals surface area contributed by atoms with Gasteiger partial charge in [0.1, 0.15) is 28.7 Å². The Morgan fingerprint density at radius 2 is 0.451 bits per heavy atom. The van der Waals surface area contributed by atoms with E-state index in [4.69, 9.17) is 0 Å². The molecule has 0 aliphatic heterocycles. The standard InChI is InChI=1S/C31H34NOP.2C25H30NOP.2C24H28NOP/c1-31(2,3)32-22-26-16-10-11-17-28(26)34-29-21-25(18-23-12-6-4-7-13-23)20-27(30(29)33)19-24-14-8-5-9-15-24;1-18-10-8-14-21(17-26-25(2,3)4)24(18)28-22-15-9-13-20(23(22)27)16-19-11-6-5-7-12-19;1-18-10-13-23(21(14-18)17-26-25(2,3)4)28-24-16-20(11-12-22(24)27)15-19-8-6-5-7-9-19;1-24(2,3)25-17-20-12-7-8-14-21(20)27-22-15-9-13-19(23(22)26)16-18-10-5-4-6-11-18;1-24(2,3)25-17-20-11-7-8-12-22(20)27-23-16-19(13-14-21(23)26)15-18-9-5-4-6-10-18/h4-17,20-21,32-34H,18-19,22H2,1-3H3;5-15,26-28H,16-17H2,1-4H3;5-14,16,26-28H,15,17H2,1-4H3;4-15,25-27H,16-17H2,1-3H3;4-14,16,25-27H,15,17H2,1-3H3. The van der Waals surface area contributed by atoms with Gasteiger partial charge in [-0.3, -0.25) is 0 Å². The average molecular weight is 2010 g/mol. The van der Waals surface area contributed by atoms with Crippen LogP contribution in [0, 0.1) is 13.8 Å². The van der Waals surface area contributed by atoms with Gasteiger partial charge in [-0.05, 0) is 294 Å². The van der Waals surface area contributed by atoms with E-state index < -0.39 is 0 Å². The van der Waals surface area contributed by atoms with Gasteiger partial charge in [-0.15, -0.1) is 0 Å². The van der Waals surface area contributed by atoms with Gasteiger partial charge in [-0.25, -0.2) is 0 Å². The van der Waals surface area contributed by atoms with E-state index in [1.54, 1.807) is 0 Å². The van der Waals surface area contributed by atoms with Crippen molar-refractivity contribution in [2.75, 3.05) is 0 Å². The third-order valence-corrected chi connectivity index (χ3v) is 31.5. The molecule has 0 aliphatic carbocycles. The molecule has 15 heteroatoms. The fourth-order valence-corrected chi connectivity index (χ4v) is 22.7. The van der Waals surface area contributed by atoms with Crippen molar-refractivity contribution in [1.82, 2.24) is 26.6 Å². The summed E-state index contributed by atoms with van der Waals surface area (Å²) in [7, 11) is 2.13. The van der Waals surface area contributed by atoms with Crippen molar-refractivity contribution >= 4 is 95.9 Å². The van der Waals surface area contributed by atoms with E-state index in [0.717, 1.165) is 114 Å². The number of benzene rings is 16. The van der Waals surface area contributed by atoms with Crippen molar-refractivity contribution < 1.29 is 25.5 Å². The SMILES string of the molecule is CC(C)(C)NCc1ccccc1Pc1cc(Cc2ccccc2)cc(Cc2ccccc2)c1O.CC(C)(C)NCc1ccccc1Pc1cc(Cc2ccccc2)ccc1O.CC(C)(C)NCc1ccccc1Pc1cccc(Cc2ccccc2)c1O.Cc1ccc(Pc2cc(Cc3ccccc3)ccc2O)c(CNC(C)(C)C)c1.Cc1cccc(CNC(C)(C)C)c1Pc1cccc(Cc2ccccc2)c1O. The summed E-state index contributed by atoms with van der Waals surface area (Å²) in [6, 6.07) is 130. The second-order valence-electron chi connectivity index (χ2n) is 42.3. The molecule has 0 fully saturated rings. The van der Waals surface area contributed by atoms with Crippen molar-refractivity contribution in [3.8, 4) is 28.7 Å². The number of phenols is 5. The predicted molar refractivity (Wildman–Crippen MR) is 629 cm³/mol. The topological polar surface area (TPSA) is 161 Å². The van der Waals surface area contributed by atoms with Gasteiger partial charge in [0.15, 0.2) is 0 Å². The maximum absolute atomic E-state index is 11.3. The summed E-state index contributed by atoms with van der Waals surface area (Å²) in [5.41, 5.74) is 23.5. The van der Waals surface area contributed by atoms with Gasteiger partial charge < -0.3 is 52.1 Å². The summed E-state index contributed by atoms with van der Waals surface area (Å²) in [4.78, 5) is 0. The van der Waals surface area contributed by atoms with Crippen molar-refractivity contribution in [3.05, 3.63) is 482 Å². The molecule has 0 radical (unpaired) electrons. The molecule has 144 heavy (non-hydrogen) atoms. The van der Waals surface area contributed by atoms with Crippen LogP contribution in [0.5, 0.6) is 28.7 Å². The molecule has 10 nitrogen and oxygen atoms in total. The molecule has 5 unspecified atom stereocenters. The van der Waals surface area contributed by atoms with Crippen molar-refractivity contribution in [3.63, 3.8) is 0 Å². The summed E-state index contributed by atoms with van der Waals surface area (Å²) in [5.74, 6) is 2.05. The molecule has 0 amide bonds. The van der Waals surface area contributed by atoms with E-state index in [1.807, 2.05) is 97.1 Å². The minimum Gasteiger partial charge on any atom is -0.507 e. The van der Waals surface area contributed by atoms with E-state index in [1.165, 1.54) is 116 Å². The van der Waals surface area contributed by atoms with Crippen molar-refractivity contribution in [2.45, 2.75) is 217 Å². The number of nitrogens with one attached hydrogen (secondary N) is 5. The number of aromatic hydroxyl groups is 5. The summed E-state index contributed by atoms with van der Waals surface area (Å²) in [5, 5.41) is 83.4. The molecular weight excluding hydrogens is 1850 g/mol. The second-order valence-corrected chi connectivity index (χ2v) is 48.9. The molecule has 0 heterocycles. The second kappa shape index (κ2) is 54.1. The molecule has 746 valence electrons. The van der Waals surface area contributed by atoms with Crippen LogP contribution in [0.1, 0.15) is 210 Å². The van der Waals surface area contributed by atoms with Gasteiger partial charge in [0.25, 0.3) is 0 Å². The zero-order valence-electron chi connectivity index (χ0n) is 87.3. The highest BCUT2D eigenvalue weighted by molar-refractivity contribution is 7.57. The monoisotopic (exact) mass is 2000 g/mol. The third-order valence-electron chi connectivity index (χ3n) is 24.1. The van der Waals surface area contributed by atoms with Crippen LogP contribution in [0.25, 0.3) is 0 Å². The lowest BCUT2D eigenvalue weighted by Gasteiger charge is -2.22. The quantitative estimate of drug-likeness (QED) is 0.0184. The van der Waals surface area contributed by atoms with Crippen LogP contribution in [0.3, 0.4) is 0 Å². The molecule has 0 spiro atoms. The maximum atomic E-state index is 11.3. The Morgan fingerprint density at radius 3 is 0.826 bits per heavy atom. The minimum absolute atomic E-state index is 0.0524. The summed E-state index contributed by atoms with van der Waals surface area (Å²) < 4.78 is 0. The number of hydrogen-bond acceptors (Lipinski definition) is 10. The van der Waals surface area contributed by atoms with Gasteiger partial charge in [-0.2, -0.15) is 0 Å². The lowest BCUT2D eigenvalue weighted by Crippen LogP contribution is -2.36. The molecule has 16 rings (SSSR count). The largest absolute Gasteiger partial charge is 0.507 e. The van der Waals surface area contributed by atoms with E-state index in [0.29, 0.717) is 71.7 Å². The molecule has 16 aromatic carbocycles. The van der Waals surface area contributed by atoms with E-state index >= 15 is 0 Å². The zero-order valence-corrected chi connectivity index (χ0v) is 92.3. The number of phenolic OH excluding ortho intramolecular Hbond substituents is 5. The van der Waals surface area contributed by atoms with Crippen molar-refractivity contribution in [2.24, 2.45) is 0 Å². The van der Waals surface area contributed by atoms with Crippen LogP contribution in [0.2, 0.25) is 0 Å². The van der Waals surface area contributed by atoms with Gasteiger partial charge >= 0.3 is 0 Å². The Labute approximate surface area is 869 Å². The van der Waals surface area contributed by atoms with Crippen LogP contribution in [0.4, 0.5) is 0 Å². The fourth-order valence-electron chi connectivity index (χ4n) is 16.2. The lowest BCUT2D eigenvalue weighted by molar-refractivity contribution is 0.424. The maximum Gasteiger partial charge on any atom is 0.126 e. The van der Waals surface area contributed by atoms with Crippen molar-refractivity contribution in [1.29, 1.82) is 0 Å². The van der Waals surface area contributed by atoms with Crippen LogP contribution in [0.15, 0.2) is 376 Å². The highest BCUT2D eigenvalue weighted by Gasteiger charge is 2.22. The van der Waals surface area contributed by atoms with Gasteiger partial charge in [0.2, 0.25) is 0 Å². The van der Waals surface area contributed by atoms with Crippen LogP contribution < -0.4 is 79.6 Å². The minimum atomic E-state index is 0.0524. The highest BCUT2D eigenvalue weighted by atomic mass is 31.1. The lowest BCUT2D eigenvalue weighted by atomic mass is 9.98. The van der Waals surface area contributed by atoms with Crippen LogP contribution in [-0.2, 0) is 71.2 Å². The average Bonchev–Trinajstić information content (AvgIpc) is 0.813. The van der Waals surface area contributed by atoms with Gasteiger partial charge in [0, 0.05) is 106 Å². The Kier molecular flexibility index (Phi) is 41.8. The van der Waals surface area contributed by atoms with Gasteiger partial charge in [-0.1, -0.05) is 394 Å². The Hall–Kier alpha value is -11.5. The summed E-state index contributed by atoms with van der Waals surface area (Å²) in [6.45, 7) is 41.2. The molecule has 0 saturated carbocycles. The molecular formula is C129H150N5O5P5. The van der Waals surface area contributed by atoms with E-state index in [9.17, 15) is 25.5 Å². The number of aryl methyl sites for hydroxylation is 2.